The number of benzene rings is 1. The lowest BCUT2D eigenvalue weighted by atomic mass is 9.94. The molecule has 2 amide bonds. The van der Waals surface area contributed by atoms with Crippen LogP contribution < -0.4 is 16.0 Å². The Morgan fingerprint density at radius 2 is 2.19 bits per heavy atom. The SMILES string of the molecule is Cc1cc2c(CCNC(=O)NCC3NCCc4ccccc43)csc2s1. The number of aryl methyl sites for hydroxylation is 1. The van der Waals surface area contributed by atoms with E-state index in [1.165, 1.54) is 31.0 Å². The quantitative estimate of drug-likeness (QED) is 0.622. The molecule has 4 rings (SSSR count). The molecule has 0 saturated carbocycles. The van der Waals surface area contributed by atoms with Crippen LogP contribution >= 0.6 is 22.7 Å². The Hall–Kier alpha value is -1.89. The minimum Gasteiger partial charge on any atom is -0.338 e. The molecule has 0 spiro atoms. The van der Waals surface area contributed by atoms with E-state index in [1.54, 1.807) is 11.3 Å². The molecule has 4 nitrogen and oxygen atoms in total. The topological polar surface area (TPSA) is 53.2 Å². The van der Waals surface area contributed by atoms with Gasteiger partial charge in [0.1, 0.15) is 0 Å². The molecular formula is C20H23N3OS2. The molecule has 1 aliphatic heterocycles. The van der Waals surface area contributed by atoms with Crippen molar-refractivity contribution in [2.75, 3.05) is 19.6 Å². The number of fused-ring (bicyclic) bond motifs is 2. The summed E-state index contributed by atoms with van der Waals surface area (Å²) in [5.41, 5.74) is 4.01. The summed E-state index contributed by atoms with van der Waals surface area (Å²) in [4.78, 5) is 13.5. The maximum atomic E-state index is 12.1. The van der Waals surface area contributed by atoms with Crippen LogP contribution in [0.1, 0.15) is 27.6 Å². The van der Waals surface area contributed by atoms with Crippen LogP contribution in [0.4, 0.5) is 4.79 Å². The van der Waals surface area contributed by atoms with E-state index in [4.69, 9.17) is 0 Å². The molecule has 136 valence electrons. The van der Waals surface area contributed by atoms with E-state index >= 15 is 0 Å². The molecule has 6 heteroatoms. The van der Waals surface area contributed by atoms with Crippen molar-refractivity contribution in [1.82, 2.24) is 16.0 Å². The first-order valence-corrected chi connectivity index (χ1v) is 10.7. The minimum absolute atomic E-state index is 0.0946. The molecule has 2 aromatic heterocycles. The zero-order chi connectivity index (χ0) is 17.9. The summed E-state index contributed by atoms with van der Waals surface area (Å²) in [5.74, 6) is 0. The highest BCUT2D eigenvalue weighted by atomic mass is 32.2. The second-order valence-corrected chi connectivity index (χ2v) is 9.06. The van der Waals surface area contributed by atoms with Crippen LogP contribution in [0.2, 0.25) is 0 Å². The van der Waals surface area contributed by atoms with E-state index < -0.39 is 0 Å². The third kappa shape index (κ3) is 3.77. The van der Waals surface area contributed by atoms with Crippen molar-refractivity contribution in [3.8, 4) is 0 Å². The molecule has 3 heterocycles. The van der Waals surface area contributed by atoms with Crippen LogP contribution in [-0.2, 0) is 12.8 Å². The highest BCUT2D eigenvalue weighted by Crippen LogP contribution is 2.33. The van der Waals surface area contributed by atoms with Gasteiger partial charge >= 0.3 is 6.03 Å². The Bertz CT molecular complexity index is 915. The third-order valence-electron chi connectivity index (χ3n) is 4.84. The van der Waals surface area contributed by atoms with Gasteiger partial charge in [0.15, 0.2) is 0 Å². The lowest BCUT2D eigenvalue weighted by Gasteiger charge is -2.27. The molecule has 0 fully saturated rings. The first-order chi connectivity index (χ1) is 12.7. The van der Waals surface area contributed by atoms with Gasteiger partial charge < -0.3 is 16.0 Å². The molecule has 26 heavy (non-hydrogen) atoms. The second kappa shape index (κ2) is 7.78. The molecule has 0 radical (unpaired) electrons. The molecule has 3 N–H and O–H groups in total. The Morgan fingerprint density at radius 3 is 3.12 bits per heavy atom. The van der Waals surface area contributed by atoms with Crippen molar-refractivity contribution in [1.29, 1.82) is 0 Å². The summed E-state index contributed by atoms with van der Waals surface area (Å²) >= 11 is 3.64. The normalized spacial score (nSPS) is 16.4. The van der Waals surface area contributed by atoms with Crippen molar-refractivity contribution in [3.63, 3.8) is 0 Å². The molecular weight excluding hydrogens is 362 g/mol. The number of thiophene rings is 2. The zero-order valence-corrected chi connectivity index (χ0v) is 16.4. The maximum absolute atomic E-state index is 12.1. The van der Waals surface area contributed by atoms with E-state index in [1.807, 2.05) is 11.3 Å². The van der Waals surface area contributed by atoms with Crippen molar-refractivity contribution in [2.45, 2.75) is 25.8 Å². The average molecular weight is 386 g/mol. The molecule has 0 bridgehead atoms. The fourth-order valence-electron chi connectivity index (χ4n) is 3.53. The van der Waals surface area contributed by atoms with Gasteiger partial charge in [-0.15, -0.1) is 22.7 Å². The number of urea groups is 1. The van der Waals surface area contributed by atoms with Crippen LogP contribution in [0.3, 0.4) is 0 Å². The first kappa shape index (κ1) is 17.5. The summed E-state index contributed by atoms with van der Waals surface area (Å²) in [7, 11) is 0. The smallest absolute Gasteiger partial charge is 0.314 e. The van der Waals surface area contributed by atoms with Gasteiger partial charge in [-0.05, 0) is 54.4 Å². The van der Waals surface area contributed by atoms with Gasteiger partial charge in [0.2, 0.25) is 0 Å². The largest absolute Gasteiger partial charge is 0.338 e. The third-order valence-corrected chi connectivity index (χ3v) is 7.06. The fourth-order valence-corrected chi connectivity index (χ4v) is 5.84. The van der Waals surface area contributed by atoms with Gasteiger partial charge in [-0.3, -0.25) is 0 Å². The molecule has 0 aliphatic carbocycles. The number of hydrogen-bond acceptors (Lipinski definition) is 4. The van der Waals surface area contributed by atoms with Crippen molar-refractivity contribution in [3.05, 3.63) is 57.3 Å². The molecule has 0 saturated heterocycles. The van der Waals surface area contributed by atoms with E-state index in [2.05, 4.69) is 58.6 Å². The van der Waals surface area contributed by atoms with Crippen molar-refractivity contribution in [2.24, 2.45) is 0 Å². The van der Waals surface area contributed by atoms with Gasteiger partial charge in [-0.2, -0.15) is 0 Å². The molecule has 1 unspecified atom stereocenters. The summed E-state index contributed by atoms with van der Waals surface area (Å²) in [6.45, 7) is 4.36. The summed E-state index contributed by atoms with van der Waals surface area (Å²) in [6, 6.07) is 10.8. The van der Waals surface area contributed by atoms with Crippen LogP contribution in [0.15, 0.2) is 35.7 Å². The minimum atomic E-state index is -0.0946. The predicted molar refractivity (Wildman–Crippen MR) is 110 cm³/mol. The number of carbonyl (C=O) groups excluding carboxylic acids is 1. The van der Waals surface area contributed by atoms with E-state index in [0.717, 1.165) is 19.4 Å². The lowest BCUT2D eigenvalue weighted by molar-refractivity contribution is 0.239. The van der Waals surface area contributed by atoms with Crippen molar-refractivity contribution >= 4 is 38.1 Å². The number of nitrogens with one attached hydrogen (secondary N) is 3. The van der Waals surface area contributed by atoms with Crippen LogP contribution in [0, 0.1) is 6.92 Å². The van der Waals surface area contributed by atoms with E-state index in [-0.39, 0.29) is 12.1 Å². The van der Waals surface area contributed by atoms with E-state index in [0.29, 0.717) is 13.1 Å². The molecule has 1 atom stereocenters. The van der Waals surface area contributed by atoms with Crippen LogP contribution in [-0.4, -0.2) is 25.7 Å². The highest BCUT2D eigenvalue weighted by Gasteiger charge is 2.19. The van der Waals surface area contributed by atoms with Gasteiger partial charge in [-0.1, -0.05) is 24.3 Å². The number of hydrogen-bond donors (Lipinski definition) is 3. The Kier molecular flexibility index (Phi) is 5.24. The first-order valence-electron chi connectivity index (χ1n) is 9.00. The molecule has 3 aromatic rings. The Balaban J connectivity index is 1.26. The van der Waals surface area contributed by atoms with Gasteiger partial charge in [0.25, 0.3) is 0 Å². The Morgan fingerprint density at radius 1 is 1.31 bits per heavy atom. The fraction of sp³-hybridized carbons (Fsp3) is 0.350. The van der Waals surface area contributed by atoms with Crippen molar-refractivity contribution < 1.29 is 4.79 Å². The molecule has 1 aliphatic rings. The predicted octanol–water partition coefficient (Wildman–Crippen LogP) is 4.00. The number of rotatable bonds is 5. The van der Waals surface area contributed by atoms with Gasteiger partial charge in [0, 0.05) is 29.4 Å². The summed E-state index contributed by atoms with van der Waals surface area (Å²) in [6.07, 6.45) is 1.92. The van der Waals surface area contributed by atoms with E-state index in [9.17, 15) is 4.79 Å². The average Bonchev–Trinajstić information content (AvgIpc) is 3.19. The lowest BCUT2D eigenvalue weighted by Crippen LogP contribution is -2.43. The second-order valence-electron chi connectivity index (χ2n) is 6.66. The summed E-state index contributed by atoms with van der Waals surface area (Å²) in [5, 5.41) is 13.0. The van der Waals surface area contributed by atoms with Gasteiger partial charge in [0.05, 0.1) is 4.01 Å². The Labute approximate surface area is 161 Å². The van der Waals surface area contributed by atoms with Gasteiger partial charge in [-0.25, -0.2) is 4.79 Å². The number of carbonyl (C=O) groups is 1. The number of amides is 2. The van der Waals surface area contributed by atoms with Crippen LogP contribution in [0.25, 0.3) is 9.40 Å². The zero-order valence-electron chi connectivity index (χ0n) is 14.8. The molecule has 1 aromatic carbocycles. The maximum Gasteiger partial charge on any atom is 0.314 e. The summed E-state index contributed by atoms with van der Waals surface area (Å²) < 4.78 is 1.38. The monoisotopic (exact) mass is 385 g/mol. The van der Waals surface area contributed by atoms with Crippen LogP contribution in [0.5, 0.6) is 0 Å². The standard InChI is InChI=1S/C20H23N3OS2/c1-13-10-17-15(12-25-19(17)26-13)7-9-22-20(24)23-11-18-16-5-3-2-4-14(16)6-8-21-18/h2-5,10,12,18,21H,6-9,11H2,1H3,(H2,22,23,24). The highest BCUT2D eigenvalue weighted by molar-refractivity contribution is 7.37.